The molecule has 1 fully saturated rings. The number of nitrogens with zero attached hydrogens (tertiary/aromatic N) is 1. The first-order valence-corrected chi connectivity index (χ1v) is 5.95. The van der Waals surface area contributed by atoms with Crippen LogP contribution in [0.3, 0.4) is 0 Å². The monoisotopic (exact) mass is 230 g/mol. The fourth-order valence-corrected chi connectivity index (χ4v) is 1.84. The summed E-state index contributed by atoms with van der Waals surface area (Å²) >= 11 is 0. The first-order chi connectivity index (χ1) is 7.77. The third-order valence-corrected chi connectivity index (χ3v) is 2.68. The molecule has 5 nitrogen and oxygen atoms in total. The van der Waals surface area contributed by atoms with Crippen LogP contribution in [0.15, 0.2) is 0 Å². The zero-order valence-electron chi connectivity index (χ0n) is 9.98. The predicted octanol–water partition coefficient (Wildman–Crippen LogP) is -0.0108. The Morgan fingerprint density at radius 3 is 2.69 bits per heavy atom. The minimum Gasteiger partial charge on any atom is -0.378 e. The molecule has 1 aliphatic rings. The minimum atomic E-state index is 0.0587. The lowest BCUT2D eigenvalue weighted by Gasteiger charge is -2.31. The molecule has 2 N–H and O–H groups in total. The zero-order valence-corrected chi connectivity index (χ0v) is 9.98. The number of carbonyl (C=O) groups excluding carboxylic acids is 1. The minimum absolute atomic E-state index is 0.0587. The van der Waals surface area contributed by atoms with Crippen LogP contribution in [0.4, 0.5) is 0 Å². The molecule has 0 aromatic carbocycles. The van der Waals surface area contributed by atoms with E-state index in [1.54, 1.807) is 0 Å². The molecule has 5 heteroatoms. The lowest BCUT2D eigenvalue weighted by molar-refractivity contribution is -0.138. The summed E-state index contributed by atoms with van der Waals surface area (Å²) in [5, 5.41) is 0. The van der Waals surface area contributed by atoms with Crippen LogP contribution in [0, 0.1) is 0 Å². The van der Waals surface area contributed by atoms with E-state index < -0.39 is 0 Å². The molecule has 0 spiro atoms. The number of ether oxygens (including phenoxy) is 2. The van der Waals surface area contributed by atoms with Crippen molar-refractivity contribution in [3.8, 4) is 0 Å². The van der Waals surface area contributed by atoms with Crippen LogP contribution < -0.4 is 5.73 Å². The summed E-state index contributed by atoms with van der Waals surface area (Å²) in [5.41, 5.74) is 5.28. The topological polar surface area (TPSA) is 64.8 Å². The van der Waals surface area contributed by atoms with Gasteiger partial charge in [-0.1, -0.05) is 0 Å². The Morgan fingerprint density at radius 2 is 2.12 bits per heavy atom. The van der Waals surface area contributed by atoms with E-state index in [2.05, 4.69) is 0 Å². The molecule has 0 aromatic heterocycles. The van der Waals surface area contributed by atoms with E-state index in [1.165, 1.54) is 0 Å². The molecule has 0 atom stereocenters. The maximum Gasteiger partial charge on any atom is 0.248 e. The van der Waals surface area contributed by atoms with Crippen LogP contribution in [0.25, 0.3) is 0 Å². The number of rotatable bonds is 6. The molecule has 0 aliphatic carbocycles. The maximum atomic E-state index is 11.7. The Labute approximate surface area is 96.9 Å². The van der Waals surface area contributed by atoms with Crippen molar-refractivity contribution < 1.29 is 14.3 Å². The Hall–Kier alpha value is -0.650. The molecule has 0 saturated carbocycles. The van der Waals surface area contributed by atoms with E-state index in [9.17, 15) is 4.79 Å². The molecule has 16 heavy (non-hydrogen) atoms. The fraction of sp³-hybridized carbons (Fsp3) is 0.909. The van der Waals surface area contributed by atoms with Gasteiger partial charge in [-0.25, -0.2) is 0 Å². The third-order valence-electron chi connectivity index (χ3n) is 2.68. The Morgan fingerprint density at radius 1 is 1.44 bits per heavy atom. The van der Waals surface area contributed by atoms with Gasteiger partial charge >= 0.3 is 0 Å². The van der Waals surface area contributed by atoms with Gasteiger partial charge in [-0.3, -0.25) is 4.79 Å². The van der Waals surface area contributed by atoms with Crippen molar-refractivity contribution in [2.75, 3.05) is 39.5 Å². The molecule has 0 unspecified atom stereocenters. The van der Waals surface area contributed by atoms with Gasteiger partial charge in [0.05, 0.1) is 12.7 Å². The van der Waals surface area contributed by atoms with Gasteiger partial charge in [0.1, 0.15) is 6.61 Å². The van der Waals surface area contributed by atoms with Crippen molar-refractivity contribution in [2.24, 2.45) is 5.73 Å². The predicted molar refractivity (Wildman–Crippen MR) is 61.1 cm³/mol. The molecule has 1 aliphatic heterocycles. The number of nitrogens with two attached hydrogens (primary N) is 1. The average Bonchev–Trinajstić information content (AvgIpc) is 2.30. The second-order valence-corrected chi connectivity index (χ2v) is 3.88. The molecule has 94 valence electrons. The quantitative estimate of drug-likeness (QED) is 0.652. The van der Waals surface area contributed by atoms with Gasteiger partial charge in [-0.15, -0.1) is 0 Å². The van der Waals surface area contributed by atoms with Crippen molar-refractivity contribution in [2.45, 2.75) is 25.9 Å². The van der Waals surface area contributed by atoms with Crippen molar-refractivity contribution >= 4 is 5.91 Å². The highest BCUT2D eigenvalue weighted by molar-refractivity contribution is 5.77. The van der Waals surface area contributed by atoms with E-state index in [-0.39, 0.29) is 12.5 Å². The SMILES string of the molecule is CCOC1CCN(C(=O)COCCN)CC1. The Kier molecular flexibility index (Phi) is 6.37. The molecule has 1 amide bonds. The van der Waals surface area contributed by atoms with Crippen LogP contribution in [-0.2, 0) is 14.3 Å². The average molecular weight is 230 g/mol. The number of amides is 1. The van der Waals surface area contributed by atoms with Crippen molar-refractivity contribution in [3.05, 3.63) is 0 Å². The van der Waals surface area contributed by atoms with Crippen LogP contribution in [0.5, 0.6) is 0 Å². The van der Waals surface area contributed by atoms with Gasteiger partial charge in [-0.2, -0.15) is 0 Å². The van der Waals surface area contributed by atoms with Gasteiger partial charge in [-0.05, 0) is 19.8 Å². The van der Waals surface area contributed by atoms with Crippen LogP contribution in [0.2, 0.25) is 0 Å². The Balaban J connectivity index is 2.17. The molecule has 0 radical (unpaired) electrons. The number of hydrogen-bond donors (Lipinski definition) is 1. The van der Waals surface area contributed by atoms with Gasteiger partial charge in [0.15, 0.2) is 0 Å². The summed E-state index contributed by atoms with van der Waals surface area (Å²) in [6, 6.07) is 0. The van der Waals surface area contributed by atoms with Crippen LogP contribution in [0.1, 0.15) is 19.8 Å². The maximum absolute atomic E-state index is 11.7. The molecular formula is C11H22N2O3. The van der Waals surface area contributed by atoms with Crippen molar-refractivity contribution in [1.29, 1.82) is 0 Å². The van der Waals surface area contributed by atoms with Crippen LogP contribution in [-0.4, -0.2) is 56.4 Å². The second kappa shape index (κ2) is 7.60. The van der Waals surface area contributed by atoms with Gasteiger partial charge < -0.3 is 20.1 Å². The highest BCUT2D eigenvalue weighted by Gasteiger charge is 2.22. The van der Waals surface area contributed by atoms with E-state index >= 15 is 0 Å². The first kappa shape index (κ1) is 13.4. The largest absolute Gasteiger partial charge is 0.378 e. The summed E-state index contributed by atoms with van der Waals surface area (Å²) in [5.74, 6) is 0.0587. The van der Waals surface area contributed by atoms with Crippen LogP contribution >= 0.6 is 0 Å². The zero-order chi connectivity index (χ0) is 11.8. The van der Waals surface area contributed by atoms with E-state index in [0.29, 0.717) is 19.3 Å². The summed E-state index contributed by atoms with van der Waals surface area (Å²) in [7, 11) is 0. The summed E-state index contributed by atoms with van der Waals surface area (Å²) in [4.78, 5) is 13.5. The van der Waals surface area contributed by atoms with Gasteiger partial charge in [0.2, 0.25) is 5.91 Å². The standard InChI is InChI=1S/C11H22N2O3/c1-2-16-10-3-6-13(7-4-10)11(14)9-15-8-5-12/h10H,2-9,12H2,1H3. The highest BCUT2D eigenvalue weighted by atomic mass is 16.5. The number of hydrogen-bond acceptors (Lipinski definition) is 4. The molecule has 0 aromatic rings. The van der Waals surface area contributed by atoms with Crippen molar-refractivity contribution in [3.63, 3.8) is 0 Å². The molecule has 0 bridgehead atoms. The Bertz CT molecular complexity index is 203. The first-order valence-electron chi connectivity index (χ1n) is 5.95. The number of likely N-dealkylation sites (tertiary alicyclic amines) is 1. The lowest BCUT2D eigenvalue weighted by Crippen LogP contribution is -2.42. The van der Waals surface area contributed by atoms with E-state index in [0.717, 1.165) is 32.5 Å². The fourth-order valence-electron chi connectivity index (χ4n) is 1.84. The molecule has 1 rings (SSSR count). The van der Waals surface area contributed by atoms with Crippen molar-refractivity contribution in [1.82, 2.24) is 4.90 Å². The molecular weight excluding hydrogens is 208 g/mol. The lowest BCUT2D eigenvalue weighted by atomic mass is 10.1. The number of carbonyl (C=O) groups is 1. The summed E-state index contributed by atoms with van der Waals surface area (Å²) < 4.78 is 10.6. The normalized spacial score (nSPS) is 17.8. The van der Waals surface area contributed by atoms with E-state index in [4.69, 9.17) is 15.2 Å². The van der Waals surface area contributed by atoms with E-state index in [1.807, 2.05) is 11.8 Å². The highest BCUT2D eigenvalue weighted by Crippen LogP contribution is 2.13. The number of piperidine rings is 1. The summed E-state index contributed by atoms with van der Waals surface area (Å²) in [6.45, 7) is 5.35. The smallest absolute Gasteiger partial charge is 0.248 e. The second-order valence-electron chi connectivity index (χ2n) is 3.88. The molecule has 1 saturated heterocycles. The summed E-state index contributed by atoms with van der Waals surface area (Å²) in [6.07, 6.45) is 2.17. The van der Waals surface area contributed by atoms with Gasteiger partial charge in [0.25, 0.3) is 0 Å². The third kappa shape index (κ3) is 4.47. The molecule has 1 heterocycles. The van der Waals surface area contributed by atoms with Gasteiger partial charge in [0, 0.05) is 26.2 Å².